The number of fused-ring (bicyclic) bond motifs is 1. The van der Waals surface area contributed by atoms with Gasteiger partial charge in [0.05, 0.1) is 11.9 Å². The minimum absolute atomic E-state index is 0.142. The summed E-state index contributed by atoms with van der Waals surface area (Å²) in [5, 5.41) is 7.81. The number of hydrogen-bond donors (Lipinski definition) is 1. The number of carbonyl (C=O) groups excluding carboxylic acids is 1. The van der Waals surface area contributed by atoms with E-state index in [0.717, 1.165) is 28.1 Å². The molecule has 0 spiro atoms. The average Bonchev–Trinajstić information content (AvgIpc) is 3.29. The molecule has 2 heterocycles. The van der Waals surface area contributed by atoms with Gasteiger partial charge in [-0.15, -0.1) is 0 Å². The first-order valence-corrected chi connectivity index (χ1v) is 11.5. The molecular weight excluding hydrogens is 438 g/mol. The van der Waals surface area contributed by atoms with Crippen molar-refractivity contribution in [3.8, 4) is 16.8 Å². The van der Waals surface area contributed by atoms with E-state index >= 15 is 0 Å². The maximum atomic E-state index is 13.2. The molecule has 1 N–H and O–H groups in total. The van der Waals surface area contributed by atoms with E-state index in [1.54, 1.807) is 11.6 Å². The normalized spacial score (nSPS) is 11.0. The Balaban J connectivity index is 1.36. The van der Waals surface area contributed by atoms with Gasteiger partial charge in [0.15, 0.2) is 5.65 Å². The van der Waals surface area contributed by atoms with Crippen molar-refractivity contribution in [2.75, 3.05) is 5.32 Å². The van der Waals surface area contributed by atoms with Gasteiger partial charge in [-0.1, -0.05) is 66.2 Å². The second-order valence-electron chi connectivity index (χ2n) is 8.45. The van der Waals surface area contributed by atoms with Gasteiger partial charge in [-0.05, 0) is 37.6 Å². The Morgan fingerprint density at radius 3 is 2.40 bits per heavy atom. The molecule has 0 aliphatic heterocycles. The Kier molecular flexibility index (Phi) is 5.97. The fourth-order valence-electron chi connectivity index (χ4n) is 4.13. The molecule has 174 valence electrons. The minimum atomic E-state index is -0.205. The van der Waals surface area contributed by atoms with E-state index in [-0.39, 0.29) is 24.4 Å². The quantitative estimate of drug-likeness (QED) is 0.389. The van der Waals surface area contributed by atoms with Gasteiger partial charge in [0.25, 0.3) is 5.56 Å². The van der Waals surface area contributed by atoms with Crippen LogP contribution in [-0.4, -0.2) is 25.2 Å². The molecule has 35 heavy (non-hydrogen) atoms. The first-order valence-electron chi connectivity index (χ1n) is 11.5. The lowest BCUT2D eigenvalue weighted by molar-refractivity contribution is -0.116. The van der Waals surface area contributed by atoms with Crippen molar-refractivity contribution in [2.45, 2.75) is 26.8 Å². The maximum absolute atomic E-state index is 13.2. The topological polar surface area (TPSA) is 81.8 Å². The molecule has 7 heteroatoms. The fraction of sp³-hybridized carbons (Fsp3) is 0.143. The molecule has 3 aromatic carbocycles. The second-order valence-corrected chi connectivity index (χ2v) is 8.45. The SMILES string of the molecule is Cc1ccc(-n2ncc3c(=O)n(CCC(=O)Nc4ccccc4-c4ccccc4)c(C)nc32)cc1. The predicted octanol–water partition coefficient (Wildman–Crippen LogP) is 4.89. The Bertz CT molecular complexity index is 1570. The number of anilines is 1. The number of aryl methyl sites for hydroxylation is 2. The molecule has 0 saturated carbocycles. The van der Waals surface area contributed by atoms with Crippen LogP contribution >= 0.6 is 0 Å². The summed E-state index contributed by atoms with van der Waals surface area (Å²) in [7, 11) is 0. The zero-order valence-electron chi connectivity index (χ0n) is 19.6. The summed E-state index contributed by atoms with van der Waals surface area (Å²) in [4.78, 5) is 30.6. The average molecular weight is 464 g/mol. The lowest BCUT2D eigenvalue weighted by atomic mass is 10.0. The van der Waals surface area contributed by atoms with Gasteiger partial charge in [0.1, 0.15) is 11.2 Å². The van der Waals surface area contributed by atoms with Crippen molar-refractivity contribution in [3.63, 3.8) is 0 Å². The lowest BCUT2D eigenvalue weighted by Crippen LogP contribution is -2.26. The Labute approximate surface area is 202 Å². The highest BCUT2D eigenvalue weighted by atomic mass is 16.2. The molecule has 0 unspecified atom stereocenters. The van der Waals surface area contributed by atoms with Crippen molar-refractivity contribution < 1.29 is 4.79 Å². The van der Waals surface area contributed by atoms with Gasteiger partial charge in [0, 0.05) is 24.2 Å². The highest BCUT2D eigenvalue weighted by molar-refractivity contribution is 5.95. The van der Waals surface area contributed by atoms with E-state index in [1.807, 2.05) is 85.8 Å². The van der Waals surface area contributed by atoms with Gasteiger partial charge >= 0.3 is 0 Å². The molecule has 5 aromatic rings. The largest absolute Gasteiger partial charge is 0.325 e. The van der Waals surface area contributed by atoms with Crippen LogP contribution in [0.1, 0.15) is 17.8 Å². The summed E-state index contributed by atoms with van der Waals surface area (Å²) in [6, 6.07) is 25.5. The number of nitrogens with one attached hydrogen (secondary N) is 1. The van der Waals surface area contributed by atoms with E-state index in [9.17, 15) is 9.59 Å². The molecule has 7 nitrogen and oxygen atoms in total. The van der Waals surface area contributed by atoms with Crippen molar-refractivity contribution >= 4 is 22.6 Å². The number of carbonyl (C=O) groups is 1. The van der Waals surface area contributed by atoms with Crippen LogP contribution in [0, 0.1) is 13.8 Å². The number of benzene rings is 3. The van der Waals surface area contributed by atoms with Crippen LogP contribution in [-0.2, 0) is 11.3 Å². The van der Waals surface area contributed by atoms with Gasteiger partial charge < -0.3 is 5.32 Å². The van der Waals surface area contributed by atoms with Crippen molar-refractivity contribution in [1.82, 2.24) is 19.3 Å². The van der Waals surface area contributed by atoms with Crippen LogP contribution in [0.4, 0.5) is 5.69 Å². The third-order valence-corrected chi connectivity index (χ3v) is 6.00. The predicted molar refractivity (Wildman–Crippen MR) is 138 cm³/mol. The van der Waals surface area contributed by atoms with Crippen molar-refractivity contribution in [1.29, 1.82) is 0 Å². The number of rotatable bonds is 6. The Morgan fingerprint density at radius 2 is 1.63 bits per heavy atom. The third-order valence-electron chi connectivity index (χ3n) is 6.00. The monoisotopic (exact) mass is 463 g/mol. The summed E-state index contributed by atoms with van der Waals surface area (Å²) in [5.74, 6) is 0.365. The van der Waals surface area contributed by atoms with E-state index in [1.165, 1.54) is 10.8 Å². The first-order chi connectivity index (χ1) is 17.0. The minimum Gasteiger partial charge on any atom is -0.325 e. The van der Waals surface area contributed by atoms with Gasteiger partial charge in [-0.25, -0.2) is 9.67 Å². The van der Waals surface area contributed by atoms with Crippen LogP contribution in [0.25, 0.3) is 27.8 Å². The number of nitrogens with zero attached hydrogens (tertiary/aromatic N) is 4. The highest BCUT2D eigenvalue weighted by Crippen LogP contribution is 2.27. The zero-order chi connectivity index (χ0) is 24.4. The van der Waals surface area contributed by atoms with E-state index in [4.69, 9.17) is 0 Å². The molecule has 0 aliphatic rings. The lowest BCUT2D eigenvalue weighted by Gasteiger charge is -2.13. The van der Waals surface area contributed by atoms with Crippen LogP contribution in [0.15, 0.2) is 89.9 Å². The fourth-order valence-corrected chi connectivity index (χ4v) is 4.13. The Morgan fingerprint density at radius 1 is 0.914 bits per heavy atom. The van der Waals surface area contributed by atoms with E-state index in [2.05, 4.69) is 15.4 Å². The summed E-state index contributed by atoms with van der Waals surface area (Å²) in [6.07, 6.45) is 1.68. The van der Waals surface area contributed by atoms with Crippen molar-refractivity contribution in [2.24, 2.45) is 0 Å². The number of aromatic nitrogens is 4. The van der Waals surface area contributed by atoms with Crippen LogP contribution in [0.5, 0.6) is 0 Å². The smallest absolute Gasteiger partial charge is 0.264 e. The molecule has 0 fully saturated rings. The highest BCUT2D eigenvalue weighted by Gasteiger charge is 2.15. The molecular formula is C28H25N5O2. The van der Waals surface area contributed by atoms with Crippen molar-refractivity contribution in [3.05, 3.63) is 107 Å². The van der Waals surface area contributed by atoms with Crippen LogP contribution < -0.4 is 10.9 Å². The molecule has 0 saturated heterocycles. The molecule has 0 radical (unpaired) electrons. The van der Waals surface area contributed by atoms with Gasteiger partial charge in [-0.3, -0.25) is 14.2 Å². The first kappa shape index (κ1) is 22.3. The summed E-state index contributed by atoms with van der Waals surface area (Å²) in [6.45, 7) is 4.01. The van der Waals surface area contributed by atoms with E-state index < -0.39 is 0 Å². The molecule has 1 amide bonds. The summed E-state index contributed by atoms with van der Waals surface area (Å²) in [5.41, 5.74) is 4.99. The molecule has 5 rings (SSSR count). The molecule has 2 aromatic heterocycles. The number of para-hydroxylation sites is 1. The number of amides is 1. The summed E-state index contributed by atoms with van der Waals surface area (Å²) < 4.78 is 3.20. The molecule has 0 aliphatic carbocycles. The summed E-state index contributed by atoms with van der Waals surface area (Å²) >= 11 is 0. The Hall–Kier alpha value is -4.52. The van der Waals surface area contributed by atoms with Gasteiger partial charge in [0.2, 0.25) is 5.91 Å². The maximum Gasteiger partial charge on any atom is 0.264 e. The standard InChI is InChI=1S/C28H25N5O2/c1-19-12-14-22(15-13-19)33-27-24(18-29-33)28(35)32(20(2)30-27)17-16-26(34)31-25-11-7-6-10-23(25)21-8-4-3-5-9-21/h3-15,18H,16-17H2,1-2H3,(H,31,34). The van der Waals surface area contributed by atoms with Crippen LogP contribution in [0.3, 0.4) is 0 Å². The van der Waals surface area contributed by atoms with Crippen LogP contribution in [0.2, 0.25) is 0 Å². The molecule has 0 atom stereocenters. The second kappa shape index (κ2) is 9.38. The number of hydrogen-bond acceptors (Lipinski definition) is 4. The molecule has 0 bridgehead atoms. The van der Waals surface area contributed by atoms with Gasteiger partial charge in [-0.2, -0.15) is 5.10 Å². The zero-order valence-corrected chi connectivity index (χ0v) is 19.6. The third kappa shape index (κ3) is 4.48. The van der Waals surface area contributed by atoms with E-state index in [0.29, 0.717) is 16.9 Å².